The Bertz CT molecular complexity index is 638. The van der Waals surface area contributed by atoms with E-state index in [1.807, 2.05) is 0 Å². The van der Waals surface area contributed by atoms with Gasteiger partial charge in [-0.3, -0.25) is 4.79 Å². The smallest absolute Gasteiger partial charge is 0.196 e. The van der Waals surface area contributed by atoms with Crippen molar-refractivity contribution in [2.75, 3.05) is 7.11 Å². The fraction of sp³-hybridized carbons (Fsp3) is 0.133. The molecule has 0 aliphatic heterocycles. The number of halogens is 2. The summed E-state index contributed by atoms with van der Waals surface area (Å²) in [5.74, 6) is -0.189. The molecule has 19 heavy (non-hydrogen) atoms. The largest absolute Gasteiger partial charge is 0.497 e. The van der Waals surface area contributed by atoms with Gasteiger partial charge >= 0.3 is 0 Å². The van der Waals surface area contributed by atoms with E-state index in [0.29, 0.717) is 15.8 Å². The summed E-state index contributed by atoms with van der Waals surface area (Å²) in [6.07, 6.45) is 0. The Balaban J connectivity index is 2.47. The summed E-state index contributed by atoms with van der Waals surface area (Å²) in [6, 6.07) is 9.42. The van der Waals surface area contributed by atoms with Crippen molar-refractivity contribution in [2.24, 2.45) is 0 Å². The van der Waals surface area contributed by atoms with E-state index in [-0.39, 0.29) is 11.3 Å². The van der Waals surface area contributed by atoms with Crippen molar-refractivity contribution in [1.29, 1.82) is 0 Å². The van der Waals surface area contributed by atoms with E-state index >= 15 is 0 Å². The first-order valence-electron chi connectivity index (χ1n) is 5.67. The minimum Gasteiger partial charge on any atom is -0.497 e. The molecule has 0 amide bonds. The Labute approximate surface area is 119 Å². The fourth-order valence-electron chi connectivity index (χ4n) is 1.83. The second-order valence-electron chi connectivity index (χ2n) is 4.13. The van der Waals surface area contributed by atoms with Crippen LogP contribution in [-0.2, 0) is 0 Å². The van der Waals surface area contributed by atoms with Crippen molar-refractivity contribution in [3.63, 3.8) is 0 Å². The molecule has 0 atom stereocenters. The van der Waals surface area contributed by atoms with Gasteiger partial charge in [0.2, 0.25) is 0 Å². The summed E-state index contributed by atoms with van der Waals surface area (Å²) in [7, 11) is 1.56. The first kappa shape index (κ1) is 13.7. The summed E-state index contributed by atoms with van der Waals surface area (Å²) in [5.41, 5.74) is 1.28. The van der Waals surface area contributed by atoms with Crippen molar-refractivity contribution >= 4 is 21.7 Å². The average Bonchev–Trinajstić information content (AvgIpc) is 2.40. The lowest BCUT2D eigenvalue weighted by Gasteiger charge is -2.08. The van der Waals surface area contributed by atoms with Crippen LogP contribution in [0.1, 0.15) is 21.5 Å². The first-order valence-corrected chi connectivity index (χ1v) is 6.46. The molecule has 2 aromatic carbocycles. The molecule has 0 saturated carbocycles. The molecule has 2 nitrogen and oxygen atoms in total. The number of benzene rings is 2. The van der Waals surface area contributed by atoms with Crippen molar-refractivity contribution in [1.82, 2.24) is 0 Å². The van der Waals surface area contributed by atoms with Gasteiger partial charge in [0.25, 0.3) is 0 Å². The summed E-state index contributed by atoms with van der Waals surface area (Å²) in [4.78, 5) is 12.3. The number of carbonyl (C=O) groups excluding carboxylic acids is 1. The third kappa shape index (κ3) is 2.84. The van der Waals surface area contributed by atoms with E-state index in [1.165, 1.54) is 12.1 Å². The SMILES string of the molecule is COc1ccc(C(=O)c2cc(Br)ccc2F)c(C)c1. The zero-order valence-electron chi connectivity index (χ0n) is 10.5. The molecule has 98 valence electrons. The Hall–Kier alpha value is -1.68. The summed E-state index contributed by atoms with van der Waals surface area (Å²) >= 11 is 3.24. The minimum absolute atomic E-state index is 0.0580. The molecule has 0 aromatic heterocycles. The lowest BCUT2D eigenvalue weighted by molar-refractivity contribution is 0.103. The van der Waals surface area contributed by atoms with Gasteiger partial charge in [0.15, 0.2) is 5.78 Å². The van der Waals surface area contributed by atoms with Crippen molar-refractivity contribution in [3.05, 3.63) is 63.4 Å². The van der Waals surface area contributed by atoms with Crippen LogP contribution in [0.4, 0.5) is 4.39 Å². The van der Waals surface area contributed by atoms with E-state index in [4.69, 9.17) is 4.74 Å². The van der Waals surface area contributed by atoms with Crippen LogP contribution in [0.2, 0.25) is 0 Å². The van der Waals surface area contributed by atoms with Gasteiger partial charge in [-0.25, -0.2) is 4.39 Å². The van der Waals surface area contributed by atoms with Gasteiger partial charge in [0.05, 0.1) is 12.7 Å². The monoisotopic (exact) mass is 322 g/mol. The van der Waals surface area contributed by atoms with E-state index in [1.54, 1.807) is 38.3 Å². The average molecular weight is 323 g/mol. The second-order valence-corrected chi connectivity index (χ2v) is 5.05. The van der Waals surface area contributed by atoms with Gasteiger partial charge in [-0.2, -0.15) is 0 Å². The Morgan fingerprint density at radius 2 is 1.89 bits per heavy atom. The molecular weight excluding hydrogens is 311 g/mol. The van der Waals surface area contributed by atoms with Crippen LogP contribution in [0.5, 0.6) is 5.75 Å². The maximum absolute atomic E-state index is 13.7. The number of hydrogen-bond donors (Lipinski definition) is 0. The molecular formula is C15H12BrFO2. The third-order valence-electron chi connectivity index (χ3n) is 2.85. The molecule has 0 bridgehead atoms. The molecule has 2 aromatic rings. The molecule has 2 rings (SSSR count). The van der Waals surface area contributed by atoms with Crippen LogP contribution in [-0.4, -0.2) is 12.9 Å². The van der Waals surface area contributed by atoms with Crippen LogP contribution >= 0.6 is 15.9 Å². The highest BCUT2D eigenvalue weighted by molar-refractivity contribution is 9.10. The quantitative estimate of drug-likeness (QED) is 0.794. The molecule has 0 aliphatic rings. The minimum atomic E-state index is -0.525. The predicted octanol–water partition coefficient (Wildman–Crippen LogP) is 4.14. The third-order valence-corrected chi connectivity index (χ3v) is 3.34. The van der Waals surface area contributed by atoms with Crippen LogP contribution < -0.4 is 4.74 Å². The molecule has 4 heteroatoms. The van der Waals surface area contributed by atoms with Crippen LogP contribution in [0.3, 0.4) is 0 Å². The van der Waals surface area contributed by atoms with E-state index in [9.17, 15) is 9.18 Å². The van der Waals surface area contributed by atoms with Gasteiger partial charge in [0, 0.05) is 10.0 Å². The second kappa shape index (κ2) is 5.53. The topological polar surface area (TPSA) is 26.3 Å². The van der Waals surface area contributed by atoms with Gasteiger partial charge in [-0.05, 0) is 48.9 Å². The number of carbonyl (C=O) groups is 1. The normalized spacial score (nSPS) is 10.3. The fourth-order valence-corrected chi connectivity index (χ4v) is 2.20. The highest BCUT2D eigenvalue weighted by atomic mass is 79.9. The van der Waals surface area contributed by atoms with Gasteiger partial charge in [-0.15, -0.1) is 0 Å². The maximum atomic E-state index is 13.7. The summed E-state index contributed by atoms with van der Waals surface area (Å²) in [6.45, 7) is 1.80. The Kier molecular flexibility index (Phi) is 4.00. The van der Waals surface area contributed by atoms with Gasteiger partial charge in [-0.1, -0.05) is 15.9 Å². The number of ether oxygens (including phenoxy) is 1. The lowest BCUT2D eigenvalue weighted by Crippen LogP contribution is -2.06. The van der Waals surface area contributed by atoms with Crippen LogP contribution in [0.25, 0.3) is 0 Å². The predicted molar refractivity (Wildman–Crippen MR) is 75.3 cm³/mol. The number of ketones is 1. The standard InChI is InChI=1S/C15H12BrFO2/c1-9-7-11(19-2)4-5-12(9)15(18)13-8-10(16)3-6-14(13)17/h3-8H,1-2H3. The number of aryl methyl sites for hydroxylation is 1. The van der Waals surface area contributed by atoms with E-state index in [2.05, 4.69) is 15.9 Å². The molecule has 0 saturated heterocycles. The first-order chi connectivity index (χ1) is 9.02. The molecule has 0 radical (unpaired) electrons. The highest BCUT2D eigenvalue weighted by Gasteiger charge is 2.16. The number of hydrogen-bond acceptors (Lipinski definition) is 2. The lowest BCUT2D eigenvalue weighted by atomic mass is 9.98. The molecule has 0 fully saturated rings. The molecule has 0 aliphatic carbocycles. The number of methoxy groups -OCH3 is 1. The molecule has 0 spiro atoms. The van der Waals surface area contributed by atoms with Crippen molar-refractivity contribution in [3.8, 4) is 5.75 Å². The zero-order valence-corrected chi connectivity index (χ0v) is 12.1. The molecule has 0 N–H and O–H groups in total. The van der Waals surface area contributed by atoms with Crippen molar-refractivity contribution < 1.29 is 13.9 Å². The Morgan fingerprint density at radius 3 is 2.53 bits per heavy atom. The molecule has 0 unspecified atom stereocenters. The van der Waals surface area contributed by atoms with Crippen LogP contribution in [0, 0.1) is 12.7 Å². The van der Waals surface area contributed by atoms with Gasteiger partial charge < -0.3 is 4.74 Å². The Morgan fingerprint density at radius 1 is 1.16 bits per heavy atom. The number of rotatable bonds is 3. The summed E-state index contributed by atoms with van der Waals surface area (Å²) < 4.78 is 19.5. The van der Waals surface area contributed by atoms with Gasteiger partial charge in [0.1, 0.15) is 11.6 Å². The van der Waals surface area contributed by atoms with E-state index in [0.717, 1.165) is 5.56 Å². The molecule has 0 heterocycles. The maximum Gasteiger partial charge on any atom is 0.196 e. The van der Waals surface area contributed by atoms with Crippen LogP contribution in [0.15, 0.2) is 40.9 Å². The van der Waals surface area contributed by atoms with E-state index < -0.39 is 5.82 Å². The van der Waals surface area contributed by atoms with Crippen molar-refractivity contribution in [2.45, 2.75) is 6.92 Å². The highest BCUT2D eigenvalue weighted by Crippen LogP contribution is 2.23. The zero-order chi connectivity index (χ0) is 14.0. The summed E-state index contributed by atoms with van der Waals surface area (Å²) in [5, 5.41) is 0.